The van der Waals surface area contributed by atoms with Crippen molar-refractivity contribution in [2.75, 3.05) is 0 Å². The average Bonchev–Trinajstić information content (AvgIpc) is 2.09. The molecule has 1 aromatic carbocycles. The third-order valence-corrected chi connectivity index (χ3v) is 2.52. The van der Waals surface area contributed by atoms with Gasteiger partial charge in [-0.1, -0.05) is 25.5 Å². The first-order chi connectivity index (χ1) is 6.47. The highest BCUT2D eigenvalue weighted by molar-refractivity contribution is 5.28. The fourth-order valence-electron chi connectivity index (χ4n) is 1.61. The van der Waals surface area contributed by atoms with Gasteiger partial charge in [0.15, 0.2) is 0 Å². The van der Waals surface area contributed by atoms with Crippen molar-refractivity contribution >= 4 is 0 Å². The largest absolute Gasteiger partial charge is 0.385 e. The lowest BCUT2D eigenvalue weighted by atomic mass is 9.90. The lowest BCUT2D eigenvalue weighted by Gasteiger charge is -2.23. The van der Waals surface area contributed by atoms with Gasteiger partial charge in [0.2, 0.25) is 0 Å². The maximum Gasteiger partial charge on any atom is 0.126 e. The average molecular weight is 196 g/mol. The number of hydrogen-bond acceptors (Lipinski definition) is 1. The molecule has 1 aromatic rings. The molecule has 0 aliphatic rings. The van der Waals surface area contributed by atoms with Crippen LogP contribution in [0.1, 0.15) is 37.8 Å². The van der Waals surface area contributed by atoms with E-state index in [1.165, 1.54) is 6.07 Å². The summed E-state index contributed by atoms with van der Waals surface area (Å²) < 4.78 is 13.0. The number of aliphatic hydroxyl groups is 1. The first-order valence-corrected chi connectivity index (χ1v) is 4.96. The van der Waals surface area contributed by atoms with Crippen LogP contribution in [0.5, 0.6) is 0 Å². The third kappa shape index (κ3) is 2.32. The molecule has 0 aromatic heterocycles. The van der Waals surface area contributed by atoms with Crippen LogP contribution in [0.4, 0.5) is 4.39 Å². The molecule has 0 radical (unpaired) electrons. The van der Waals surface area contributed by atoms with Crippen molar-refractivity contribution in [3.63, 3.8) is 0 Å². The molecule has 14 heavy (non-hydrogen) atoms. The van der Waals surface area contributed by atoms with Crippen molar-refractivity contribution in [3.8, 4) is 0 Å². The molecule has 1 rings (SSSR count). The maximum atomic E-state index is 13.0. The Morgan fingerprint density at radius 3 is 2.57 bits per heavy atom. The van der Waals surface area contributed by atoms with Gasteiger partial charge in [0.1, 0.15) is 5.82 Å². The van der Waals surface area contributed by atoms with E-state index in [1.54, 1.807) is 26.0 Å². The Morgan fingerprint density at radius 1 is 1.43 bits per heavy atom. The van der Waals surface area contributed by atoms with Gasteiger partial charge in [0.25, 0.3) is 0 Å². The van der Waals surface area contributed by atoms with Crippen LogP contribution >= 0.6 is 0 Å². The number of rotatable bonds is 3. The van der Waals surface area contributed by atoms with E-state index in [4.69, 9.17) is 0 Å². The van der Waals surface area contributed by atoms with Crippen LogP contribution in [-0.2, 0) is 5.60 Å². The number of aryl methyl sites for hydroxylation is 1. The Labute approximate surface area is 84.6 Å². The highest BCUT2D eigenvalue weighted by atomic mass is 19.1. The molecule has 0 fully saturated rings. The summed E-state index contributed by atoms with van der Waals surface area (Å²) in [6, 6.07) is 4.78. The van der Waals surface area contributed by atoms with Gasteiger partial charge in [-0.3, -0.25) is 0 Å². The number of hydrogen-bond donors (Lipinski definition) is 1. The zero-order chi connectivity index (χ0) is 10.8. The maximum absolute atomic E-state index is 13.0. The molecule has 1 N–H and O–H groups in total. The Hall–Kier alpha value is -0.890. The van der Waals surface area contributed by atoms with Gasteiger partial charge < -0.3 is 5.11 Å². The second-order valence-electron chi connectivity index (χ2n) is 3.99. The van der Waals surface area contributed by atoms with E-state index < -0.39 is 5.60 Å². The third-order valence-electron chi connectivity index (χ3n) is 2.52. The summed E-state index contributed by atoms with van der Waals surface area (Å²) in [4.78, 5) is 0. The molecule has 0 amide bonds. The van der Waals surface area contributed by atoms with Crippen molar-refractivity contribution in [1.82, 2.24) is 0 Å². The first-order valence-electron chi connectivity index (χ1n) is 4.96. The predicted octanol–water partition coefficient (Wildman–Crippen LogP) is 3.14. The van der Waals surface area contributed by atoms with E-state index in [0.29, 0.717) is 12.0 Å². The van der Waals surface area contributed by atoms with Crippen LogP contribution in [-0.4, -0.2) is 5.11 Å². The standard InChI is InChI=1S/C12H17FO/c1-4-7-12(3,14)10-5-6-11(13)9(2)8-10/h5-6,8,14H,4,7H2,1-3H3/t12-/m1/s1. The molecule has 0 heterocycles. The molecule has 0 aliphatic carbocycles. The van der Waals surface area contributed by atoms with Gasteiger partial charge in [-0.25, -0.2) is 4.39 Å². The number of benzene rings is 1. The fourth-order valence-corrected chi connectivity index (χ4v) is 1.61. The Morgan fingerprint density at radius 2 is 2.07 bits per heavy atom. The molecule has 0 aliphatic heterocycles. The van der Waals surface area contributed by atoms with E-state index in [2.05, 4.69) is 0 Å². The van der Waals surface area contributed by atoms with E-state index in [0.717, 1.165) is 12.0 Å². The Kier molecular flexibility index (Phi) is 3.27. The molecular formula is C12H17FO. The summed E-state index contributed by atoms with van der Waals surface area (Å²) in [6.45, 7) is 5.49. The summed E-state index contributed by atoms with van der Waals surface area (Å²) in [7, 11) is 0. The topological polar surface area (TPSA) is 20.2 Å². The second kappa shape index (κ2) is 4.09. The summed E-state index contributed by atoms with van der Waals surface area (Å²) in [6.07, 6.45) is 1.60. The predicted molar refractivity (Wildman–Crippen MR) is 55.6 cm³/mol. The molecule has 0 saturated carbocycles. The summed E-state index contributed by atoms with van der Waals surface area (Å²) in [5, 5.41) is 10.1. The van der Waals surface area contributed by atoms with Crippen LogP contribution in [0.2, 0.25) is 0 Å². The zero-order valence-electron chi connectivity index (χ0n) is 8.97. The van der Waals surface area contributed by atoms with Gasteiger partial charge in [-0.2, -0.15) is 0 Å². The summed E-state index contributed by atoms with van der Waals surface area (Å²) >= 11 is 0. The second-order valence-corrected chi connectivity index (χ2v) is 3.99. The minimum atomic E-state index is -0.840. The summed E-state index contributed by atoms with van der Waals surface area (Å²) in [5.74, 6) is -0.221. The quantitative estimate of drug-likeness (QED) is 0.787. The molecule has 2 heteroatoms. The highest BCUT2D eigenvalue weighted by Crippen LogP contribution is 2.26. The van der Waals surface area contributed by atoms with Crippen LogP contribution < -0.4 is 0 Å². The van der Waals surface area contributed by atoms with E-state index in [1.807, 2.05) is 6.92 Å². The molecule has 1 nitrogen and oxygen atoms in total. The normalized spacial score (nSPS) is 15.2. The Bertz CT molecular complexity index is 318. The molecule has 0 saturated heterocycles. The Balaban J connectivity index is 3.01. The van der Waals surface area contributed by atoms with Crippen LogP contribution in [0.25, 0.3) is 0 Å². The van der Waals surface area contributed by atoms with E-state index >= 15 is 0 Å². The van der Waals surface area contributed by atoms with Gasteiger partial charge >= 0.3 is 0 Å². The van der Waals surface area contributed by atoms with Crippen molar-refractivity contribution in [3.05, 3.63) is 35.1 Å². The molecular weight excluding hydrogens is 179 g/mol. The highest BCUT2D eigenvalue weighted by Gasteiger charge is 2.22. The SMILES string of the molecule is CCC[C@@](C)(O)c1ccc(F)c(C)c1. The van der Waals surface area contributed by atoms with Crippen molar-refractivity contribution < 1.29 is 9.50 Å². The first kappa shape index (κ1) is 11.2. The lowest BCUT2D eigenvalue weighted by molar-refractivity contribution is 0.0468. The smallest absolute Gasteiger partial charge is 0.126 e. The van der Waals surface area contributed by atoms with Crippen molar-refractivity contribution in [2.45, 2.75) is 39.2 Å². The molecule has 0 unspecified atom stereocenters. The molecule has 0 bridgehead atoms. The van der Waals surface area contributed by atoms with E-state index in [-0.39, 0.29) is 5.82 Å². The van der Waals surface area contributed by atoms with Gasteiger partial charge in [0, 0.05) is 0 Å². The van der Waals surface area contributed by atoms with Crippen molar-refractivity contribution in [1.29, 1.82) is 0 Å². The minimum absolute atomic E-state index is 0.221. The molecule has 1 atom stereocenters. The van der Waals surface area contributed by atoms with Gasteiger partial charge in [-0.05, 0) is 37.5 Å². The fraction of sp³-hybridized carbons (Fsp3) is 0.500. The lowest BCUT2D eigenvalue weighted by Crippen LogP contribution is -2.20. The van der Waals surface area contributed by atoms with Gasteiger partial charge in [0.05, 0.1) is 5.60 Å². The monoisotopic (exact) mass is 196 g/mol. The van der Waals surface area contributed by atoms with Crippen molar-refractivity contribution in [2.24, 2.45) is 0 Å². The summed E-state index contributed by atoms with van der Waals surface area (Å²) in [5.41, 5.74) is 0.532. The molecule has 0 spiro atoms. The van der Waals surface area contributed by atoms with Gasteiger partial charge in [-0.15, -0.1) is 0 Å². The zero-order valence-corrected chi connectivity index (χ0v) is 8.97. The van der Waals surface area contributed by atoms with Crippen LogP contribution in [0, 0.1) is 12.7 Å². The van der Waals surface area contributed by atoms with Crippen LogP contribution in [0.15, 0.2) is 18.2 Å². The van der Waals surface area contributed by atoms with Crippen LogP contribution in [0.3, 0.4) is 0 Å². The number of halogens is 1. The molecule has 78 valence electrons. The minimum Gasteiger partial charge on any atom is -0.385 e. The van der Waals surface area contributed by atoms with E-state index in [9.17, 15) is 9.50 Å².